The Morgan fingerprint density at radius 3 is 2.70 bits per heavy atom. The van der Waals surface area contributed by atoms with Crippen LogP contribution in [-0.2, 0) is 0 Å². The maximum absolute atomic E-state index is 2.37. The highest BCUT2D eigenvalue weighted by Gasteiger charge is 2.15. The summed E-state index contributed by atoms with van der Waals surface area (Å²) in [4.78, 5) is 0. The molecular weight excluding hydrogens is 120 g/mol. The molecule has 2 atom stereocenters. The second kappa shape index (κ2) is 3.80. The number of allylic oxidation sites excluding steroid dienone is 2. The van der Waals surface area contributed by atoms with Gasteiger partial charge in [-0.15, -0.1) is 0 Å². The first-order valence-electron chi connectivity index (χ1n) is 4.45. The van der Waals surface area contributed by atoms with Gasteiger partial charge in [-0.2, -0.15) is 0 Å². The van der Waals surface area contributed by atoms with E-state index in [1.807, 2.05) is 0 Å². The average molecular weight is 138 g/mol. The Bertz CT molecular complexity index is 113. The molecule has 0 aromatic heterocycles. The van der Waals surface area contributed by atoms with Crippen LogP contribution in [-0.4, -0.2) is 0 Å². The lowest BCUT2D eigenvalue weighted by Gasteiger charge is -2.23. The molecule has 0 aliphatic heterocycles. The molecule has 0 amide bonds. The van der Waals surface area contributed by atoms with Crippen LogP contribution in [0.1, 0.15) is 39.5 Å². The molecule has 2 unspecified atom stereocenters. The average Bonchev–Trinajstić information content (AvgIpc) is 1.88. The van der Waals surface area contributed by atoms with Gasteiger partial charge in [0.25, 0.3) is 0 Å². The zero-order valence-electron chi connectivity index (χ0n) is 7.14. The maximum Gasteiger partial charge on any atom is -0.0231 e. The number of hydrogen-bond acceptors (Lipinski definition) is 0. The second-order valence-corrected chi connectivity index (χ2v) is 3.56. The molecular formula is C10H18. The van der Waals surface area contributed by atoms with Crippen molar-refractivity contribution in [2.75, 3.05) is 0 Å². The minimum Gasteiger partial charge on any atom is -0.0914 e. The summed E-state index contributed by atoms with van der Waals surface area (Å²) in [5.41, 5.74) is 0. The largest absolute Gasteiger partial charge is 0.0914 e. The monoisotopic (exact) mass is 138 g/mol. The van der Waals surface area contributed by atoms with E-state index in [1.165, 1.54) is 25.7 Å². The van der Waals surface area contributed by atoms with E-state index in [4.69, 9.17) is 0 Å². The van der Waals surface area contributed by atoms with Gasteiger partial charge in [-0.3, -0.25) is 0 Å². The molecule has 0 heteroatoms. The van der Waals surface area contributed by atoms with Crippen LogP contribution >= 0.6 is 0 Å². The number of hydrogen-bond donors (Lipinski definition) is 0. The van der Waals surface area contributed by atoms with Gasteiger partial charge in [0.15, 0.2) is 0 Å². The van der Waals surface area contributed by atoms with Crippen molar-refractivity contribution < 1.29 is 0 Å². The highest BCUT2D eigenvalue weighted by Crippen LogP contribution is 2.29. The summed E-state index contributed by atoms with van der Waals surface area (Å²) in [7, 11) is 0. The van der Waals surface area contributed by atoms with Crippen molar-refractivity contribution in [2.24, 2.45) is 11.8 Å². The fourth-order valence-corrected chi connectivity index (χ4v) is 1.93. The molecule has 0 nitrogen and oxygen atoms in total. The van der Waals surface area contributed by atoms with Crippen LogP contribution < -0.4 is 0 Å². The molecule has 1 aliphatic carbocycles. The van der Waals surface area contributed by atoms with Gasteiger partial charge in [0.05, 0.1) is 0 Å². The SMILES string of the molecule is CC=CC1CCCC(C)C1. The summed E-state index contributed by atoms with van der Waals surface area (Å²) >= 11 is 0. The summed E-state index contributed by atoms with van der Waals surface area (Å²) in [5, 5.41) is 0. The minimum atomic E-state index is 0.897. The molecule has 0 saturated heterocycles. The highest BCUT2D eigenvalue weighted by molar-refractivity contribution is 4.88. The molecule has 0 aromatic rings. The van der Waals surface area contributed by atoms with Crippen molar-refractivity contribution in [2.45, 2.75) is 39.5 Å². The molecule has 1 fully saturated rings. The van der Waals surface area contributed by atoms with Gasteiger partial charge < -0.3 is 0 Å². The first kappa shape index (κ1) is 7.84. The molecule has 0 bridgehead atoms. The number of rotatable bonds is 1. The van der Waals surface area contributed by atoms with Gasteiger partial charge in [-0.1, -0.05) is 31.9 Å². The van der Waals surface area contributed by atoms with E-state index in [-0.39, 0.29) is 0 Å². The summed E-state index contributed by atoms with van der Waals surface area (Å²) in [5.74, 6) is 1.86. The summed E-state index contributed by atoms with van der Waals surface area (Å²) in [6.07, 6.45) is 10.3. The lowest BCUT2D eigenvalue weighted by Crippen LogP contribution is -2.10. The zero-order valence-corrected chi connectivity index (χ0v) is 7.14. The minimum absolute atomic E-state index is 0.897. The van der Waals surface area contributed by atoms with Crippen LogP contribution in [0.25, 0.3) is 0 Å². The van der Waals surface area contributed by atoms with E-state index in [1.54, 1.807) is 0 Å². The predicted molar refractivity (Wildman–Crippen MR) is 45.9 cm³/mol. The van der Waals surface area contributed by atoms with E-state index in [0.29, 0.717) is 0 Å². The second-order valence-electron chi connectivity index (χ2n) is 3.56. The van der Waals surface area contributed by atoms with Crippen LogP contribution in [0.2, 0.25) is 0 Å². The predicted octanol–water partition coefficient (Wildman–Crippen LogP) is 3.39. The lowest BCUT2D eigenvalue weighted by atomic mass is 9.82. The Labute approximate surface area is 64.3 Å². The molecule has 0 aromatic carbocycles. The van der Waals surface area contributed by atoms with Crippen LogP contribution in [0.5, 0.6) is 0 Å². The topological polar surface area (TPSA) is 0 Å². The van der Waals surface area contributed by atoms with Crippen LogP contribution in [0.4, 0.5) is 0 Å². The van der Waals surface area contributed by atoms with Gasteiger partial charge >= 0.3 is 0 Å². The lowest BCUT2D eigenvalue weighted by molar-refractivity contribution is 0.325. The molecule has 58 valence electrons. The van der Waals surface area contributed by atoms with Crippen molar-refractivity contribution in [3.05, 3.63) is 12.2 Å². The van der Waals surface area contributed by atoms with Crippen molar-refractivity contribution in [3.8, 4) is 0 Å². The first-order chi connectivity index (χ1) is 4.83. The quantitative estimate of drug-likeness (QED) is 0.487. The van der Waals surface area contributed by atoms with Gasteiger partial charge in [-0.05, 0) is 31.6 Å². The molecule has 0 heterocycles. The summed E-state index contributed by atoms with van der Waals surface area (Å²) in [6.45, 7) is 4.49. The van der Waals surface area contributed by atoms with E-state index < -0.39 is 0 Å². The Morgan fingerprint density at radius 2 is 2.10 bits per heavy atom. The van der Waals surface area contributed by atoms with Crippen molar-refractivity contribution >= 4 is 0 Å². The molecule has 1 aliphatic rings. The van der Waals surface area contributed by atoms with Gasteiger partial charge in [-0.25, -0.2) is 0 Å². The molecule has 0 radical (unpaired) electrons. The zero-order chi connectivity index (χ0) is 7.40. The fourth-order valence-electron chi connectivity index (χ4n) is 1.93. The molecule has 1 saturated carbocycles. The Kier molecular flexibility index (Phi) is 2.98. The third-order valence-electron chi connectivity index (χ3n) is 2.44. The molecule has 1 rings (SSSR count). The van der Waals surface area contributed by atoms with Crippen molar-refractivity contribution in [1.29, 1.82) is 0 Å². The first-order valence-corrected chi connectivity index (χ1v) is 4.45. The van der Waals surface area contributed by atoms with Crippen LogP contribution in [0.15, 0.2) is 12.2 Å². The molecule has 0 N–H and O–H groups in total. The normalized spacial score (nSPS) is 35.0. The third-order valence-corrected chi connectivity index (χ3v) is 2.44. The Balaban J connectivity index is 2.32. The summed E-state index contributed by atoms with van der Waals surface area (Å²) in [6, 6.07) is 0. The van der Waals surface area contributed by atoms with E-state index >= 15 is 0 Å². The summed E-state index contributed by atoms with van der Waals surface area (Å²) < 4.78 is 0. The van der Waals surface area contributed by atoms with Crippen molar-refractivity contribution in [1.82, 2.24) is 0 Å². The van der Waals surface area contributed by atoms with E-state index in [9.17, 15) is 0 Å². The maximum atomic E-state index is 2.37. The standard InChI is InChI=1S/C10H18/c1-3-5-10-7-4-6-9(2)8-10/h3,5,9-10H,4,6-8H2,1-2H3. The highest BCUT2D eigenvalue weighted by atomic mass is 14.2. The molecule has 0 spiro atoms. The van der Waals surface area contributed by atoms with Crippen LogP contribution in [0.3, 0.4) is 0 Å². The Morgan fingerprint density at radius 1 is 1.30 bits per heavy atom. The van der Waals surface area contributed by atoms with Crippen molar-refractivity contribution in [3.63, 3.8) is 0 Å². The van der Waals surface area contributed by atoms with Gasteiger partial charge in [0.1, 0.15) is 0 Å². The smallest absolute Gasteiger partial charge is 0.0231 e. The van der Waals surface area contributed by atoms with Gasteiger partial charge in [0, 0.05) is 0 Å². The third kappa shape index (κ3) is 2.17. The van der Waals surface area contributed by atoms with Gasteiger partial charge in [0.2, 0.25) is 0 Å². The van der Waals surface area contributed by atoms with E-state index in [2.05, 4.69) is 26.0 Å². The molecule has 10 heavy (non-hydrogen) atoms. The van der Waals surface area contributed by atoms with Crippen LogP contribution in [0, 0.1) is 11.8 Å². The Hall–Kier alpha value is -0.260. The fraction of sp³-hybridized carbons (Fsp3) is 0.800. The van der Waals surface area contributed by atoms with E-state index in [0.717, 1.165) is 11.8 Å².